The minimum Gasteiger partial charge on any atom is -0.493 e. The van der Waals surface area contributed by atoms with E-state index >= 15 is 0 Å². The van der Waals surface area contributed by atoms with Crippen LogP contribution < -0.4 is 9.47 Å². The first-order valence-corrected chi connectivity index (χ1v) is 15.2. The lowest BCUT2D eigenvalue weighted by molar-refractivity contribution is 0.202. The summed E-state index contributed by atoms with van der Waals surface area (Å²) < 4.78 is 17.7. The second kappa shape index (κ2) is 10.6. The van der Waals surface area contributed by atoms with Crippen LogP contribution in [0.5, 0.6) is 11.5 Å². The normalized spacial score (nSPS) is 11.7. The molecule has 0 aliphatic rings. The molecule has 3 nitrogen and oxygen atoms in total. The minimum atomic E-state index is -0.0517. The molecule has 0 atom stereocenters. The lowest BCUT2D eigenvalue weighted by Gasteiger charge is -2.18. The van der Waals surface area contributed by atoms with Crippen molar-refractivity contribution in [1.82, 2.24) is 0 Å². The fourth-order valence-electron chi connectivity index (χ4n) is 5.40. The van der Waals surface area contributed by atoms with Crippen LogP contribution in [-0.2, 0) is 0 Å². The highest BCUT2D eigenvalue weighted by Crippen LogP contribution is 2.45. The summed E-state index contributed by atoms with van der Waals surface area (Å²) in [4.78, 5) is 0. The van der Waals surface area contributed by atoms with E-state index in [4.69, 9.17) is 9.47 Å². The highest BCUT2D eigenvalue weighted by atomic mass is 32.1. The molecule has 0 aliphatic heterocycles. The van der Waals surface area contributed by atoms with Crippen LogP contribution in [0.25, 0.3) is 62.6 Å². The third kappa shape index (κ3) is 4.40. The Morgan fingerprint density at radius 2 is 1.02 bits per heavy atom. The van der Waals surface area contributed by atoms with E-state index in [0.717, 1.165) is 40.2 Å². The molecule has 5 heteroatoms. The molecule has 7 aromatic rings. The van der Waals surface area contributed by atoms with Gasteiger partial charge in [0.25, 0.3) is 0 Å². The fraction of sp³-hybridized carbons (Fsp3) is 0.143. The number of ether oxygens (including phenoxy) is 2. The monoisotopic (exact) mass is 560 g/mol. The number of benzene rings is 5. The molecule has 0 fully saturated rings. The Hall–Kier alpha value is -3.90. The predicted octanol–water partition coefficient (Wildman–Crippen LogP) is 9.92. The summed E-state index contributed by atoms with van der Waals surface area (Å²) in [5, 5.41) is 14.6. The average Bonchev–Trinajstić information content (AvgIpc) is 3.56. The van der Waals surface area contributed by atoms with Gasteiger partial charge in [-0.2, -0.15) is 0 Å². The van der Waals surface area contributed by atoms with Gasteiger partial charge in [-0.3, -0.25) is 0 Å². The third-order valence-corrected chi connectivity index (χ3v) is 9.57. The van der Waals surface area contributed by atoms with Crippen molar-refractivity contribution in [2.75, 3.05) is 19.8 Å². The van der Waals surface area contributed by atoms with Crippen molar-refractivity contribution in [3.63, 3.8) is 0 Å². The highest BCUT2D eigenvalue weighted by Gasteiger charge is 2.18. The molecule has 2 aromatic heterocycles. The topological polar surface area (TPSA) is 38.7 Å². The number of aliphatic hydroxyl groups excluding tert-OH is 1. The van der Waals surface area contributed by atoms with E-state index in [2.05, 4.69) is 104 Å². The summed E-state index contributed by atoms with van der Waals surface area (Å²) in [6.45, 7) is 2.92. The molecular formula is C35H28O3S2. The van der Waals surface area contributed by atoms with Gasteiger partial charge in [0, 0.05) is 51.5 Å². The zero-order valence-corrected chi connectivity index (χ0v) is 23.8. The van der Waals surface area contributed by atoms with Gasteiger partial charge in [-0.05, 0) is 66.1 Å². The molecule has 0 radical (unpaired) electrons. The summed E-state index contributed by atoms with van der Waals surface area (Å²) in [6, 6.07) is 34.5. The van der Waals surface area contributed by atoms with Gasteiger partial charge in [-0.25, -0.2) is 0 Å². The molecular weight excluding hydrogens is 533 g/mol. The summed E-state index contributed by atoms with van der Waals surface area (Å²) in [5.74, 6) is 1.57. The van der Waals surface area contributed by atoms with Gasteiger partial charge >= 0.3 is 0 Å². The number of rotatable bonds is 8. The maximum Gasteiger partial charge on any atom is 0.128 e. The zero-order valence-electron chi connectivity index (χ0n) is 22.1. The Morgan fingerprint density at radius 1 is 0.550 bits per heavy atom. The Bertz CT molecular complexity index is 1850. The average molecular weight is 561 g/mol. The van der Waals surface area contributed by atoms with Crippen molar-refractivity contribution in [1.29, 1.82) is 0 Å². The van der Waals surface area contributed by atoms with Crippen LogP contribution in [0.2, 0.25) is 0 Å². The molecule has 1 N–H and O–H groups in total. The molecule has 7 rings (SSSR count). The summed E-state index contributed by atoms with van der Waals surface area (Å²) in [5.41, 5.74) is 4.10. The van der Waals surface area contributed by atoms with Crippen LogP contribution in [0.1, 0.15) is 13.3 Å². The smallest absolute Gasteiger partial charge is 0.128 e. The van der Waals surface area contributed by atoms with Gasteiger partial charge < -0.3 is 14.6 Å². The summed E-state index contributed by atoms with van der Waals surface area (Å²) in [7, 11) is 0. The van der Waals surface area contributed by atoms with Crippen molar-refractivity contribution >= 4 is 63.0 Å². The third-order valence-electron chi connectivity index (χ3n) is 7.27. The molecule has 0 bridgehead atoms. The lowest BCUT2D eigenvalue weighted by Crippen LogP contribution is -2.04. The van der Waals surface area contributed by atoms with Crippen molar-refractivity contribution in [2.45, 2.75) is 13.3 Å². The van der Waals surface area contributed by atoms with E-state index in [1.54, 1.807) is 0 Å². The molecule has 0 saturated heterocycles. The maximum atomic E-state index is 9.63. The van der Waals surface area contributed by atoms with Crippen molar-refractivity contribution < 1.29 is 14.6 Å². The van der Waals surface area contributed by atoms with Crippen LogP contribution in [0.15, 0.2) is 97.1 Å². The van der Waals surface area contributed by atoms with Gasteiger partial charge in [0.1, 0.15) is 18.1 Å². The summed E-state index contributed by atoms with van der Waals surface area (Å²) >= 11 is 3.63. The Kier molecular flexibility index (Phi) is 6.64. The number of hydrogen-bond donors (Lipinski definition) is 1. The standard InChI is InChI=1S/C35H28O3S2/c1-2-16-37-30-20-27(23-12-14-35-29(19-23)25-8-4-6-10-33(25)40-35)31(38-17-15-36)21-26(30)22-11-13-34-28(18-22)24-7-3-5-9-32(24)39-34/h3-14,18-21,36H,2,15-17H2,1H3. The predicted molar refractivity (Wildman–Crippen MR) is 171 cm³/mol. The van der Waals surface area contributed by atoms with Crippen molar-refractivity contribution in [3.05, 3.63) is 97.1 Å². The fourth-order valence-corrected chi connectivity index (χ4v) is 7.58. The van der Waals surface area contributed by atoms with Crippen LogP contribution in [0.3, 0.4) is 0 Å². The number of fused-ring (bicyclic) bond motifs is 6. The van der Waals surface area contributed by atoms with E-state index in [-0.39, 0.29) is 13.2 Å². The zero-order chi connectivity index (χ0) is 27.1. The largest absolute Gasteiger partial charge is 0.493 e. The van der Waals surface area contributed by atoms with Crippen LogP contribution in [0.4, 0.5) is 0 Å². The second-order valence-corrected chi connectivity index (χ2v) is 12.1. The minimum absolute atomic E-state index is 0.0517. The van der Waals surface area contributed by atoms with Crippen LogP contribution in [-0.4, -0.2) is 24.9 Å². The molecule has 0 saturated carbocycles. The number of aliphatic hydroxyl groups is 1. The molecule has 2 heterocycles. The van der Waals surface area contributed by atoms with Crippen molar-refractivity contribution in [3.8, 4) is 33.8 Å². The maximum absolute atomic E-state index is 9.63. The van der Waals surface area contributed by atoms with Gasteiger partial charge in [0.15, 0.2) is 0 Å². The number of hydrogen-bond acceptors (Lipinski definition) is 5. The molecule has 0 aliphatic carbocycles. The SMILES string of the molecule is CCCOc1cc(-c2ccc3sc4ccccc4c3c2)c(OCCO)cc1-c1ccc2sc3ccccc3c2c1. The first kappa shape index (κ1) is 25.1. The summed E-state index contributed by atoms with van der Waals surface area (Å²) in [6.07, 6.45) is 0.915. The van der Waals surface area contributed by atoms with E-state index in [9.17, 15) is 5.11 Å². The van der Waals surface area contributed by atoms with E-state index in [1.165, 1.54) is 40.3 Å². The first-order chi connectivity index (χ1) is 19.7. The van der Waals surface area contributed by atoms with Gasteiger partial charge in [-0.1, -0.05) is 55.5 Å². The Labute approximate surface area is 240 Å². The molecule has 198 valence electrons. The van der Waals surface area contributed by atoms with E-state index in [1.807, 2.05) is 22.7 Å². The molecule has 0 amide bonds. The van der Waals surface area contributed by atoms with Crippen LogP contribution >= 0.6 is 22.7 Å². The molecule has 40 heavy (non-hydrogen) atoms. The lowest BCUT2D eigenvalue weighted by atomic mass is 9.96. The molecule has 5 aromatic carbocycles. The Morgan fingerprint density at radius 3 is 1.52 bits per heavy atom. The quantitative estimate of drug-likeness (QED) is 0.201. The van der Waals surface area contributed by atoms with Gasteiger partial charge in [-0.15, -0.1) is 22.7 Å². The van der Waals surface area contributed by atoms with Gasteiger partial charge in [0.05, 0.1) is 13.2 Å². The number of thiophene rings is 2. The first-order valence-electron chi connectivity index (χ1n) is 13.6. The van der Waals surface area contributed by atoms with E-state index in [0.29, 0.717) is 6.61 Å². The van der Waals surface area contributed by atoms with E-state index < -0.39 is 0 Å². The second-order valence-electron chi connectivity index (χ2n) is 9.88. The van der Waals surface area contributed by atoms with Gasteiger partial charge in [0.2, 0.25) is 0 Å². The van der Waals surface area contributed by atoms with Crippen LogP contribution in [0, 0.1) is 0 Å². The van der Waals surface area contributed by atoms with Crippen molar-refractivity contribution in [2.24, 2.45) is 0 Å². The highest BCUT2D eigenvalue weighted by molar-refractivity contribution is 7.26. The molecule has 0 unspecified atom stereocenters. The molecule has 0 spiro atoms. The Balaban J connectivity index is 1.42.